The van der Waals surface area contributed by atoms with Gasteiger partial charge in [-0.15, -0.1) is 5.10 Å². The monoisotopic (exact) mass is 320 g/mol. The molecular weight excluding hydrogens is 300 g/mol. The second-order valence-electron chi connectivity index (χ2n) is 6.29. The standard InChI is InChI=1S/C18H20N6/c1-14-8-19-9-17(20-14)6-7-24-13-18(21-22-24)12-23-10-15-4-2-3-5-16(15)11-23/h2-5,8-9,13H,6-7,10-12H2,1H3. The maximum absolute atomic E-state index is 4.47. The first-order valence-corrected chi connectivity index (χ1v) is 8.22. The molecule has 0 fully saturated rings. The van der Waals surface area contributed by atoms with Gasteiger partial charge in [-0.3, -0.25) is 19.5 Å². The maximum Gasteiger partial charge on any atom is 0.0967 e. The molecule has 1 aromatic carbocycles. The lowest BCUT2D eigenvalue weighted by molar-refractivity contribution is 0.272. The summed E-state index contributed by atoms with van der Waals surface area (Å²) in [7, 11) is 0. The van der Waals surface area contributed by atoms with Gasteiger partial charge >= 0.3 is 0 Å². The molecule has 3 aromatic rings. The van der Waals surface area contributed by atoms with E-state index >= 15 is 0 Å². The summed E-state index contributed by atoms with van der Waals surface area (Å²) in [6, 6.07) is 8.61. The fourth-order valence-corrected chi connectivity index (χ4v) is 3.13. The highest BCUT2D eigenvalue weighted by atomic mass is 15.4. The Bertz CT molecular complexity index is 816. The summed E-state index contributed by atoms with van der Waals surface area (Å²) < 4.78 is 1.89. The summed E-state index contributed by atoms with van der Waals surface area (Å²) in [6.07, 6.45) is 6.43. The fraction of sp³-hybridized carbons (Fsp3) is 0.333. The number of nitrogens with zero attached hydrogens (tertiary/aromatic N) is 6. The lowest BCUT2D eigenvalue weighted by atomic mass is 10.1. The van der Waals surface area contributed by atoms with E-state index in [0.717, 1.165) is 49.7 Å². The second-order valence-corrected chi connectivity index (χ2v) is 6.29. The molecule has 0 bridgehead atoms. The topological polar surface area (TPSA) is 59.7 Å². The number of aromatic nitrogens is 5. The molecule has 1 aliphatic heterocycles. The van der Waals surface area contributed by atoms with Crippen LogP contribution in [0.15, 0.2) is 42.9 Å². The second kappa shape index (κ2) is 6.49. The van der Waals surface area contributed by atoms with E-state index in [2.05, 4.69) is 49.4 Å². The summed E-state index contributed by atoms with van der Waals surface area (Å²) in [5.74, 6) is 0. The smallest absolute Gasteiger partial charge is 0.0967 e. The quantitative estimate of drug-likeness (QED) is 0.721. The zero-order valence-corrected chi connectivity index (χ0v) is 13.8. The van der Waals surface area contributed by atoms with Crippen LogP contribution in [-0.4, -0.2) is 29.9 Å². The molecular formula is C18H20N6. The van der Waals surface area contributed by atoms with Crippen molar-refractivity contribution in [3.8, 4) is 0 Å². The molecule has 0 spiro atoms. The van der Waals surface area contributed by atoms with Gasteiger partial charge < -0.3 is 0 Å². The van der Waals surface area contributed by atoms with Gasteiger partial charge in [-0.2, -0.15) is 0 Å². The van der Waals surface area contributed by atoms with Gasteiger partial charge in [0.2, 0.25) is 0 Å². The van der Waals surface area contributed by atoms with Gasteiger partial charge in [-0.1, -0.05) is 29.5 Å². The molecule has 1 aliphatic rings. The molecule has 6 heteroatoms. The Labute approximate surface area is 141 Å². The van der Waals surface area contributed by atoms with Crippen LogP contribution in [0.1, 0.15) is 28.2 Å². The van der Waals surface area contributed by atoms with Crippen LogP contribution in [0.25, 0.3) is 0 Å². The minimum Gasteiger partial charge on any atom is -0.289 e. The zero-order chi connectivity index (χ0) is 16.4. The summed E-state index contributed by atoms with van der Waals surface area (Å²) in [4.78, 5) is 11.0. The van der Waals surface area contributed by atoms with Crippen molar-refractivity contribution in [3.05, 3.63) is 71.1 Å². The van der Waals surface area contributed by atoms with Crippen LogP contribution >= 0.6 is 0 Å². The van der Waals surface area contributed by atoms with E-state index in [4.69, 9.17) is 0 Å². The number of benzene rings is 1. The first-order chi connectivity index (χ1) is 11.8. The molecule has 24 heavy (non-hydrogen) atoms. The molecule has 0 saturated heterocycles. The molecule has 0 aliphatic carbocycles. The van der Waals surface area contributed by atoms with E-state index in [9.17, 15) is 0 Å². The lowest BCUT2D eigenvalue weighted by Crippen LogP contribution is -2.15. The van der Waals surface area contributed by atoms with E-state index in [-0.39, 0.29) is 0 Å². The lowest BCUT2D eigenvalue weighted by Gasteiger charge is -2.11. The average Bonchev–Trinajstić information content (AvgIpc) is 3.19. The van der Waals surface area contributed by atoms with Crippen LogP contribution < -0.4 is 0 Å². The predicted molar refractivity (Wildman–Crippen MR) is 89.9 cm³/mol. The summed E-state index contributed by atoms with van der Waals surface area (Å²) in [6.45, 7) is 5.53. The molecule has 0 saturated carbocycles. The average molecular weight is 320 g/mol. The summed E-state index contributed by atoms with van der Waals surface area (Å²) >= 11 is 0. The highest BCUT2D eigenvalue weighted by molar-refractivity contribution is 5.30. The molecule has 0 radical (unpaired) electrons. The van der Waals surface area contributed by atoms with Crippen LogP contribution in [0.5, 0.6) is 0 Å². The van der Waals surface area contributed by atoms with Gasteiger partial charge in [0, 0.05) is 51.2 Å². The van der Waals surface area contributed by atoms with Gasteiger partial charge in [0.05, 0.1) is 17.1 Å². The van der Waals surface area contributed by atoms with Crippen LogP contribution in [0.2, 0.25) is 0 Å². The van der Waals surface area contributed by atoms with Crippen LogP contribution in [0, 0.1) is 6.92 Å². The van der Waals surface area contributed by atoms with Gasteiger partial charge in [0.25, 0.3) is 0 Å². The first-order valence-electron chi connectivity index (χ1n) is 8.22. The molecule has 0 amide bonds. The Morgan fingerprint density at radius 3 is 2.58 bits per heavy atom. The van der Waals surface area contributed by atoms with Crippen molar-refractivity contribution in [2.45, 2.75) is 39.5 Å². The van der Waals surface area contributed by atoms with Crippen molar-refractivity contribution in [2.24, 2.45) is 0 Å². The highest BCUT2D eigenvalue weighted by Crippen LogP contribution is 2.23. The molecule has 0 unspecified atom stereocenters. The molecule has 0 atom stereocenters. The van der Waals surface area contributed by atoms with Gasteiger partial charge in [-0.05, 0) is 18.1 Å². The molecule has 4 rings (SSSR count). The van der Waals surface area contributed by atoms with Crippen molar-refractivity contribution in [1.82, 2.24) is 29.9 Å². The zero-order valence-electron chi connectivity index (χ0n) is 13.8. The fourth-order valence-electron chi connectivity index (χ4n) is 3.13. The van der Waals surface area contributed by atoms with Crippen LogP contribution in [-0.2, 0) is 32.6 Å². The molecule has 6 nitrogen and oxygen atoms in total. The van der Waals surface area contributed by atoms with E-state index in [1.165, 1.54) is 11.1 Å². The molecule has 0 N–H and O–H groups in total. The Morgan fingerprint density at radius 2 is 1.83 bits per heavy atom. The van der Waals surface area contributed by atoms with E-state index in [0.29, 0.717) is 0 Å². The largest absolute Gasteiger partial charge is 0.289 e. The number of fused-ring (bicyclic) bond motifs is 1. The summed E-state index contributed by atoms with van der Waals surface area (Å²) in [5, 5.41) is 8.54. The van der Waals surface area contributed by atoms with E-state index < -0.39 is 0 Å². The first kappa shape index (κ1) is 15.0. The van der Waals surface area contributed by atoms with Crippen LogP contribution in [0.4, 0.5) is 0 Å². The molecule has 122 valence electrons. The van der Waals surface area contributed by atoms with Gasteiger partial charge in [0.1, 0.15) is 0 Å². The normalized spacial score (nSPS) is 14.0. The third kappa shape index (κ3) is 3.33. The highest BCUT2D eigenvalue weighted by Gasteiger charge is 2.19. The maximum atomic E-state index is 4.47. The molecule has 3 heterocycles. The van der Waals surface area contributed by atoms with Gasteiger partial charge in [-0.25, -0.2) is 0 Å². The van der Waals surface area contributed by atoms with Crippen molar-refractivity contribution >= 4 is 0 Å². The van der Waals surface area contributed by atoms with Crippen molar-refractivity contribution < 1.29 is 0 Å². The summed E-state index contributed by atoms with van der Waals surface area (Å²) in [5.41, 5.74) is 5.78. The Morgan fingerprint density at radius 1 is 1.04 bits per heavy atom. The van der Waals surface area contributed by atoms with E-state index in [1.54, 1.807) is 6.20 Å². The number of rotatable bonds is 5. The van der Waals surface area contributed by atoms with Gasteiger partial charge in [0.15, 0.2) is 0 Å². The minimum absolute atomic E-state index is 0.769. The van der Waals surface area contributed by atoms with Crippen LogP contribution in [0.3, 0.4) is 0 Å². The third-order valence-electron chi connectivity index (χ3n) is 4.28. The Hall–Kier alpha value is -2.60. The Balaban J connectivity index is 1.34. The van der Waals surface area contributed by atoms with Crippen molar-refractivity contribution in [2.75, 3.05) is 0 Å². The van der Waals surface area contributed by atoms with E-state index in [1.807, 2.05) is 24.0 Å². The van der Waals surface area contributed by atoms with Crippen molar-refractivity contribution in [1.29, 1.82) is 0 Å². The minimum atomic E-state index is 0.769. The Kier molecular flexibility index (Phi) is 4.04. The van der Waals surface area contributed by atoms with Crippen molar-refractivity contribution in [3.63, 3.8) is 0 Å². The predicted octanol–water partition coefficient (Wildman–Crippen LogP) is 2.14. The number of hydrogen-bond donors (Lipinski definition) is 0. The number of aryl methyl sites for hydroxylation is 3. The number of hydrogen-bond acceptors (Lipinski definition) is 5. The molecule has 2 aromatic heterocycles. The third-order valence-corrected chi connectivity index (χ3v) is 4.28. The SMILES string of the molecule is Cc1cncc(CCn2cc(CN3Cc4ccccc4C3)nn2)n1.